The maximum atomic E-state index is 11.2. The number of fused-ring (bicyclic) bond motifs is 2. The van der Waals surface area contributed by atoms with Crippen LogP contribution in [0, 0.1) is 29.6 Å². The number of esters is 1. The molecule has 0 heterocycles. The first-order valence-corrected chi connectivity index (χ1v) is 9.71. The molecule has 2 nitrogen and oxygen atoms in total. The molecule has 21 heavy (non-hydrogen) atoms. The molecule has 0 aromatic carbocycles. The van der Waals surface area contributed by atoms with Crippen LogP contribution < -0.4 is 0 Å². The summed E-state index contributed by atoms with van der Waals surface area (Å²) in [6, 6.07) is 0. The number of rotatable bonds is 4. The van der Waals surface area contributed by atoms with Crippen molar-refractivity contribution in [1.82, 2.24) is 0 Å². The van der Waals surface area contributed by atoms with E-state index in [9.17, 15) is 4.79 Å². The molecule has 118 valence electrons. The zero-order valence-corrected chi connectivity index (χ0v) is 13.9. The molecule has 0 spiro atoms. The van der Waals surface area contributed by atoms with Gasteiger partial charge in [-0.15, -0.1) is 11.8 Å². The molecule has 3 heteroatoms. The molecule has 0 aliphatic heterocycles. The Balaban J connectivity index is 1.46. The molecule has 0 aromatic heterocycles. The topological polar surface area (TPSA) is 26.3 Å². The Morgan fingerprint density at radius 3 is 2.48 bits per heavy atom. The second-order valence-electron chi connectivity index (χ2n) is 7.22. The predicted octanol–water partition coefficient (Wildman–Crippen LogP) is 4.30. The van der Waals surface area contributed by atoms with E-state index in [-0.39, 0.29) is 5.97 Å². The lowest BCUT2D eigenvalue weighted by Crippen LogP contribution is -2.37. The number of thioether (sulfide) groups is 1. The molecular weight excluding hydrogens is 280 g/mol. The summed E-state index contributed by atoms with van der Waals surface area (Å²) in [6.07, 6.45) is 14.7. The molecule has 0 N–H and O–H groups in total. The van der Waals surface area contributed by atoms with E-state index in [1.807, 2.05) is 0 Å². The predicted molar refractivity (Wildman–Crippen MR) is 88.3 cm³/mol. The highest BCUT2D eigenvalue weighted by Gasteiger charge is 2.39. The lowest BCUT2D eigenvalue weighted by Gasteiger charge is -2.46. The van der Waals surface area contributed by atoms with E-state index in [1.54, 1.807) is 11.8 Å². The summed E-state index contributed by atoms with van der Waals surface area (Å²) >= 11 is 1.77. The number of hydrogen-bond acceptors (Lipinski definition) is 3. The minimum atomic E-state index is -0.0804. The Labute approximate surface area is 133 Å². The highest BCUT2D eigenvalue weighted by atomic mass is 32.2. The molecule has 3 aliphatic carbocycles. The van der Waals surface area contributed by atoms with Crippen LogP contribution in [-0.4, -0.2) is 24.6 Å². The monoisotopic (exact) mass is 308 g/mol. The maximum absolute atomic E-state index is 11.2. The van der Waals surface area contributed by atoms with Crippen LogP contribution in [-0.2, 0) is 9.53 Å². The van der Waals surface area contributed by atoms with Crippen LogP contribution >= 0.6 is 11.8 Å². The van der Waals surface area contributed by atoms with Crippen molar-refractivity contribution in [3.8, 4) is 0 Å². The van der Waals surface area contributed by atoms with Crippen molar-refractivity contribution in [2.75, 3.05) is 18.6 Å². The molecular formula is C18H28O2S. The van der Waals surface area contributed by atoms with Gasteiger partial charge in [0.25, 0.3) is 0 Å². The number of ether oxygens (including phenoxy) is 1. The fourth-order valence-corrected chi connectivity index (χ4v) is 5.86. The van der Waals surface area contributed by atoms with E-state index in [0.29, 0.717) is 5.75 Å². The average molecular weight is 308 g/mol. The third-order valence-electron chi connectivity index (χ3n) is 5.97. The largest absolute Gasteiger partial charge is 0.468 e. The number of carbonyl (C=O) groups excluding carboxylic acids is 1. The Kier molecular flexibility index (Phi) is 5.31. The lowest BCUT2D eigenvalue weighted by molar-refractivity contribution is -0.137. The molecule has 3 rings (SSSR count). The van der Waals surface area contributed by atoms with E-state index in [0.717, 1.165) is 35.3 Å². The van der Waals surface area contributed by atoms with Gasteiger partial charge in [-0.05, 0) is 80.3 Å². The van der Waals surface area contributed by atoms with Gasteiger partial charge in [0.15, 0.2) is 0 Å². The third-order valence-corrected chi connectivity index (χ3v) is 7.12. The maximum Gasteiger partial charge on any atom is 0.315 e. The van der Waals surface area contributed by atoms with Gasteiger partial charge in [-0.3, -0.25) is 4.79 Å². The molecule has 3 aliphatic rings. The Morgan fingerprint density at radius 1 is 1.05 bits per heavy atom. The first kappa shape index (κ1) is 15.5. The van der Waals surface area contributed by atoms with Crippen LogP contribution in [0.2, 0.25) is 0 Å². The van der Waals surface area contributed by atoms with Gasteiger partial charge in [0, 0.05) is 0 Å². The van der Waals surface area contributed by atoms with E-state index in [1.165, 1.54) is 52.1 Å². The van der Waals surface area contributed by atoms with E-state index in [2.05, 4.69) is 12.2 Å². The quantitative estimate of drug-likeness (QED) is 0.572. The average Bonchev–Trinajstić information content (AvgIpc) is 2.52. The van der Waals surface area contributed by atoms with Crippen molar-refractivity contribution in [2.45, 2.75) is 44.9 Å². The summed E-state index contributed by atoms with van der Waals surface area (Å²) in [6.45, 7) is 0. The van der Waals surface area contributed by atoms with Crippen molar-refractivity contribution in [1.29, 1.82) is 0 Å². The van der Waals surface area contributed by atoms with Gasteiger partial charge in [-0.1, -0.05) is 12.2 Å². The van der Waals surface area contributed by atoms with Crippen LogP contribution in [0.15, 0.2) is 12.2 Å². The van der Waals surface area contributed by atoms with Crippen LogP contribution in [0.5, 0.6) is 0 Å². The smallest absolute Gasteiger partial charge is 0.315 e. The Hall–Kier alpha value is -0.440. The molecule has 0 aromatic rings. The molecule has 2 saturated carbocycles. The van der Waals surface area contributed by atoms with Gasteiger partial charge >= 0.3 is 5.97 Å². The van der Waals surface area contributed by atoms with Gasteiger partial charge in [0.2, 0.25) is 0 Å². The van der Waals surface area contributed by atoms with E-state index >= 15 is 0 Å². The van der Waals surface area contributed by atoms with Gasteiger partial charge < -0.3 is 4.74 Å². The summed E-state index contributed by atoms with van der Waals surface area (Å²) in [5.74, 6) is 6.34. The first-order valence-electron chi connectivity index (χ1n) is 8.55. The number of carbonyl (C=O) groups is 1. The minimum Gasteiger partial charge on any atom is -0.468 e. The number of allylic oxidation sites excluding steroid dienone is 2. The SMILES string of the molecule is COC(=O)CSCC1CCC2C[C@@H]3CC=CC[C@@H]3CC2C1. The van der Waals surface area contributed by atoms with Gasteiger partial charge in [0.05, 0.1) is 12.9 Å². The highest BCUT2D eigenvalue weighted by Crippen LogP contribution is 2.50. The molecule has 0 radical (unpaired) electrons. The first-order chi connectivity index (χ1) is 10.3. The minimum absolute atomic E-state index is 0.0804. The van der Waals surface area contributed by atoms with Crippen molar-refractivity contribution >= 4 is 17.7 Å². The van der Waals surface area contributed by atoms with Crippen LogP contribution in [0.4, 0.5) is 0 Å². The van der Waals surface area contributed by atoms with E-state index < -0.39 is 0 Å². The fraction of sp³-hybridized carbons (Fsp3) is 0.833. The summed E-state index contributed by atoms with van der Waals surface area (Å²) in [4.78, 5) is 11.2. The third kappa shape index (κ3) is 3.85. The summed E-state index contributed by atoms with van der Waals surface area (Å²) in [7, 11) is 1.48. The summed E-state index contributed by atoms with van der Waals surface area (Å²) in [5, 5.41) is 0. The lowest BCUT2D eigenvalue weighted by atomic mass is 9.59. The zero-order valence-electron chi connectivity index (χ0n) is 13.1. The summed E-state index contributed by atoms with van der Waals surface area (Å²) < 4.78 is 4.72. The van der Waals surface area contributed by atoms with Gasteiger partial charge in [0.1, 0.15) is 0 Å². The highest BCUT2D eigenvalue weighted by molar-refractivity contribution is 7.99. The van der Waals surface area contributed by atoms with Crippen molar-refractivity contribution in [2.24, 2.45) is 29.6 Å². The molecule has 0 amide bonds. The molecule has 3 unspecified atom stereocenters. The van der Waals surface area contributed by atoms with Crippen molar-refractivity contribution < 1.29 is 9.53 Å². The standard InChI is InChI=1S/C18H28O2S/c1-20-18(19)12-21-11-13-6-7-16-9-14-4-2-3-5-15(14)10-17(16)8-13/h2-3,13-17H,4-12H2,1H3/t13?,14-,15+,16?,17?/m0/s1. The Morgan fingerprint density at radius 2 is 1.76 bits per heavy atom. The van der Waals surface area contributed by atoms with Crippen molar-refractivity contribution in [3.63, 3.8) is 0 Å². The van der Waals surface area contributed by atoms with Crippen LogP contribution in [0.1, 0.15) is 44.9 Å². The summed E-state index contributed by atoms with van der Waals surface area (Å²) in [5.41, 5.74) is 0. The Bertz CT molecular complexity index is 393. The van der Waals surface area contributed by atoms with Crippen LogP contribution in [0.3, 0.4) is 0 Å². The molecule has 2 fully saturated rings. The normalized spacial score (nSPS) is 38.4. The van der Waals surface area contributed by atoms with E-state index in [4.69, 9.17) is 4.74 Å². The second kappa shape index (κ2) is 7.21. The number of hydrogen-bond donors (Lipinski definition) is 0. The molecule has 5 atom stereocenters. The zero-order chi connectivity index (χ0) is 14.7. The van der Waals surface area contributed by atoms with Crippen LogP contribution in [0.25, 0.3) is 0 Å². The molecule has 0 bridgehead atoms. The molecule has 0 saturated heterocycles. The second-order valence-corrected chi connectivity index (χ2v) is 8.26. The number of methoxy groups -OCH3 is 1. The van der Waals surface area contributed by atoms with Gasteiger partial charge in [-0.2, -0.15) is 0 Å². The van der Waals surface area contributed by atoms with Gasteiger partial charge in [-0.25, -0.2) is 0 Å². The van der Waals surface area contributed by atoms with Crippen molar-refractivity contribution in [3.05, 3.63) is 12.2 Å². The fourth-order valence-electron chi connectivity index (χ4n) is 4.82.